The maximum absolute atomic E-state index is 11.9. The van der Waals surface area contributed by atoms with Gasteiger partial charge in [0.25, 0.3) is 5.91 Å². The van der Waals surface area contributed by atoms with Gasteiger partial charge >= 0.3 is 0 Å². The van der Waals surface area contributed by atoms with Crippen LogP contribution in [0.3, 0.4) is 0 Å². The van der Waals surface area contributed by atoms with E-state index in [-0.39, 0.29) is 5.91 Å². The summed E-state index contributed by atoms with van der Waals surface area (Å²) in [5.41, 5.74) is 2.05. The first-order valence-electron chi connectivity index (χ1n) is 6.04. The van der Waals surface area contributed by atoms with E-state index in [1.54, 1.807) is 30.5 Å². The number of hydrogen-bond acceptors (Lipinski definition) is 3. The van der Waals surface area contributed by atoms with E-state index in [0.29, 0.717) is 17.1 Å². The summed E-state index contributed by atoms with van der Waals surface area (Å²) in [6, 6.07) is 7.00. The minimum atomic E-state index is -0.173. The molecule has 20 heavy (non-hydrogen) atoms. The molecule has 0 aliphatic heterocycles. The lowest BCUT2D eigenvalue weighted by atomic mass is 10.2. The number of nitrogens with one attached hydrogen (secondary N) is 1. The molecule has 0 radical (unpaired) electrons. The second kappa shape index (κ2) is 5.30. The third-order valence-electron chi connectivity index (χ3n) is 2.83. The highest BCUT2D eigenvalue weighted by Crippen LogP contribution is 2.12. The number of carbonyl (C=O) groups excluding carboxylic acids is 1. The fourth-order valence-corrected chi connectivity index (χ4v) is 2.02. The highest BCUT2D eigenvalue weighted by molar-refractivity contribution is 6.30. The fourth-order valence-electron chi connectivity index (χ4n) is 1.86. The van der Waals surface area contributed by atoms with Crippen molar-refractivity contribution in [3.63, 3.8) is 0 Å². The summed E-state index contributed by atoms with van der Waals surface area (Å²) in [7, 11) is 0. The number of nitrogens with zero attached hydrogens (tertiary/aromatic N) is 3. The van der Waals surface area contributed by atoms with Crippen molar-refractivity contribution >= 4 is 23.2 Å². The summed E-state index contributed by atoms with van der Waals surface area (Å²) in [4.78, 5) is 20.2. The van der Waals surface area contributed by atoms with Gasteiger partial charge in [-0.3, -0.25) is 9.78 Å². The van der Waals surface area contributed by atoms with Crippen molar-refractivity contribution in [1.82, 2.24) is 19.7 Å². The number of pyridine rings is 2. The summed E-state index contributed by atoms with van der Waals surface area (Å²) >= 11 is 5.91. The average molecular weight is 287 g/mol. The van der Waals surface area contributed by atoms with E-state index in [9.17, 15) is 4.79 Å². The van der Waals surface area contributed by atoms with Crippen LogP contribution in [0, 0.1) is 0 Å². The number of fused-ring (bicyclic) bond motifs is 1. The highest BCUT2D eigenvalue weighted by atomic mass is 35.5. The molecule has 0 unspecified atom stereocenters. The number of imidazole rings is 1. The zero-order valence-electron chi connectivity index (χ0n) is 10.5. The number of amides is 1. The largest absolute Gasteiger partial charge is 0.346 e. The molecule has 0 atom stereocenters. The Morgan fingerprint density at radius 1 is 1.40 bits per heavy atom. The Hall–Kier alpha value is -2.40. The molecule has 3 aromatic heterocycles. The van der Waals surface area contributed by atoms with Crippen molar-refractivity contribution in [2.24, 2.45) is 0 Å². The molecule has 100 valence electrons. The van der Waals surface area contributed by atoms with E-state index in [1.165, 1.54) is 6.20 Å². The molecule has 0 saturated heterocycles. The molecule has 0 spiro atoms. The van der Waals surface area contributed by atoms with Crippen LogP contribution in [-0.2, 0) is 6.54 Å². The van der Waals surface area contributed by atoms with E-state index < -0.39 is 0 Å². The molecule has 0 saturated carbocycles. The predicted molar refractivity (Wildman–Crippen MR) is 75.6 cm³/mol. The first-order chi connectivity index (χ1) is 9.72. The van der Waals surface area contributed by atoms with Crippen molar-refractivity contribution in [3.05, 3.63) is 65.3 Å². The smallest absolute Gasteiger partial charge is 0.253 e. The van der Waals surface area contributed by atoms with Crippen LogP contribution in [0.5, 0.6) is 0 Å². The Labute approximate surface area is 120 Å². The molecule has 3 rings (SSSR count). The van der Waals surface area contributed by atoms with Crippen molar-refractivity contribution in [1.29, 1.82) is 0 Å². The monoisotopic (exact) mass is 286 g/mol. The molecule has 0 aromatic carbocycles. The van der Waals surface area contributed by atoms with E-state index >= 15 is 0 Å². The Balaban J connectivity index is 1.72. The summed E-state index contributed by atoms with van der Waals surface area (Å²) in [5, 5.41) is 3.44. The Morgan fingerprint density at radius 2 is 2.30 bits per heavy atom. The SMILES string of the molecule is O=C(NCc1cn2ccc(Cl)cc2n1)c1cccnc1. The van der Waals surface area contributed by atoms with Crippen LogP contribution in [0.2, 0.25) is 5.02 Å². The third kappa shape index (κ3) is 2.62. The zero-order valence-corrected chi connectivity index (χ0v) is 11.2. The van der Waals surface area contributed by atoms with Crippen LogP contribution < -0.4 is 5.32 Å². The predicted octanol–water partition coefficient (Wildman–Crippen LogP) is 2.31. The second-order valence-corrected chi connectivity index (χ2v) is 4.70. The lowest BCUT2D eigenvalue weighted by Crippen LogP contribution is -2.22. The topological polar surface area (TPSA) is 59.3 Å². The molecule has 3 aromatic rings. The Morgan fingerprint density at radius 3 is 3.10 bits per heavy atom. The first kappa shape index (κ1) is 12.6. The summed E-state index contributed by atoms with van der Waals surface area (Å²) < 4.78 is 1.86. The normalized spacial score (nSPS) is 10.7. The van der Waals surface area contributed by atoms with Crippen LogP contribution in [-0.4, -0.2) is 20.3 Å². The van der Waals surface area contributed by atoms with Crippen LogP contribution in [0.15, 0.2) is 49.1 Å². The quantitative estimate of drug-likeness (QED) is 0.804. The van der Waals surface area contributed by atoms with Gasteiger partial charge in [-0.15, -0.1) is 0 Å². The van der Waals surface area contributed by atoms with Gasteiger partial charge in [-0.2, -0.15) is 0 Å². The molecule has 5 nitrogen and oxygen atoms in total. The van der Waals surface area contributed by atoms with Gasteiger partial charge in [-0.1, -0.05) is 11.6 Å². The van der Waals surface area contributed by atoms with Gasteiger partial charge in [0.05, 0.1) is 17.8 Å². The molecule has 0 bridgehead atoms. The van der Waals surface area contributed by atoms with Gasteiger partial charge in [0.15, 0.2) is 0 Å². The van der Waals surface area contributed by atoms with Crippen molar-refractivity contribution in [3.8, 4) is 0 Å². The molecule has 1 amide bonds. The zero-order chi connectivity index (χ0) is 13.9. The maximum Gasteiger partial charge on any atom is 0.253 e. The standard InChI is InChI=1S/C14H11ClN4O/c15-11-3-5-19-9-12(18-13(19)6-11)8-17-14(20)10-2-1-4-16-7-10/h1-7,9H,8H2,(H,17,20). The number of carbonyl (C=O) groups is 1. The Kier molecular flexibility index (Phi) is 3.35. The average Bonchev–Trinajstić information content (AvgIpc) is 2.87. The summed E-state index contributed by atoms with van der Waals surface area (Å²) in [5.74, 6) is -0.173. The van der Waals surface area contributed by atoms with Gasteiger partial charge in [0.2, 0.25) is 0 Å². The second-order valence-electron chi connectivity index (χ2n) is 4.27. The minimum Gasteiger partial charge on any atom is -0.346 e. The Bertz CT molecular complexity index is 754. The van der Waals surface area contributed by atoms with Crippen molar-refractivity contribution in [2.45, 2.75) is 6.54 Å². The molecule has 0 aliphatic rings. The molecule has 6 heteroatoms. The van der Waals surface area contributed by atoms with E-state index in [4.69, 9.17) is 11.6 Å². The first-order valence-corrected chi connectivity index (χ1v) is 6.41. The van der Waals surface area contributed by atoms with Gasteiger partial charge in [0.1, 0.15) is 5.65 Å². The fraction of sp³-hybridized carbons (Fsp3) is 0.0714. The number of rotatable bonds is 3. The third-order valence-corrected chi connectivity index (χ3v) is 3.06. The van der Waals surface area contributed by atoms with E-state index in [0.717, 1.165) is 11.3 Å². The molecule has 3 heterocycles. The number of aromatic nitrogens is 3. The van der Waals surface area contributed by atoms with E-state index in [2.05, 4.69) is 15.3 Å². The molecule has 1 N–H and O–H groups in total. The van der Waals surface area contributed by atoms with Crippen LogP contribution in [0.4, 0.5) is 0 Å². The molecular formula is C14H11ClN4O. The number of hydrogen-bond donors (Lipinski definition) is 1. The van der Waals surface area contributed by atoms with Crippen LogP contribution >= 0.6 is 11.6 Å². The lowest BCUT2D eigenvalue weighted by molar-refractivity contribution is 0.0950. The van der Waals surface area contributed by atoms with Gasteiger partial charge in [-0.05, 0) is 24.3 Å². The lowest BCUT2D eigenvalue weighted by Gasteiger charge is -2.01. The molecular weight excluding hydrogens is 276 g/mol. The van der Waals surface area contributed by atoms with Crippen LogP contribution in [0.1, 0.15) is 16.1 Å². The summed E-state index contributed by atoms with van der Waals surface area (Å²) in [6.45, 7) is 0.354. The van der Waals surface area contributed by atoms with Gasteiger partial charge in [0, 0.05) is 29.8 Å². The van der Waals surface area contributed by atoms with E-state index in [1.807, 2.05) is 16.8 Å². The van der Waals surface area contributed by atoms with Crippen molar-refractivity contribution < 1.29 is 4.79 Å². The van der Waals surface area contributed by atoms with Gasteiger partial charge < -0.3 is 9.72 Å². The molecule has 0 fully saturated rings. The minimum absolute atomic E-state index is 0.173. The summed E-state index contributed by atoms with van der Waals surface area (Å²) in [6.07, 6.45) is 6.84. The van der Waals surface area contributed by atoms with Crippen molar-refractivity contribution in [2.75, 3.05) is 0 Å². The highest BCUT2D eigenvalue weighted by Gasteiger charge is 2.07. The molecule has 0 aliphatic carbocycles. The van der Waals surface area contributed by atoms with Crippen LogP contribution in [0.25, 0.3) is 5.65 Å². The van der Waals surface area contributed by atoms with Gasteiger partial charge in [-0.25, -0.2) is 4.98 Å². The number of halogens is 1. The maximum atomic E-state index is 11.9.